The van der Waals surface area contributed by atoms with Gasteiger partial charge in [0.05, 0.1) is 13.2 Å². The number of nitrogens with zero attached hydrogens (tertiary/aromatic N) is 2. The van der Waals surface area contributed by atoms with E-state index >= 15 is 0 Å². The lowest BCUT2D eigenvalue weighted by molar-refractivity contribution is -0.786. The Morgan fingerprint density at radius 1 is 1.53 bits per heavy atom. The van der Waals surface area contributed by atoms with E-state index in [4.69, 9.17) is 5.11 Å². The molecule has 0 aromatic heterocycles. The molecule has 0 aromatic rings. The third-order valence-corrected chi connectivity index (χ3v) is 3.55. The lowest BCUT2D eigenvalue weighted by atomic mass is 9.99. The minimum Gasteiger partial charge on any atom is -0.435 e. The van der Waals surface area contributed by atoms with Crippen LogP contribution in [0, 0.1) is 5.92 Å². The van der Waals surface area contributed by atoms with Crippen LogP contribution in [-0.2, 0) is 0 Å². The molecule has 0 bridgehead atoms. The molecule has 2 unspecified atom stereocenters. The van der Waals surface area contributed by atoms with Crippen LogP contribution in [0.3, 0.4) is 0 Å². The molecule has 0 spiro atoms. The van der Waals surface area contributed by atoms with Crippen molar-refractivity contribution in [3.8, 4) is 0 Å². The van der Waals surface area contributed by atoms with Gasteiger partial charge in [-0.2, -0.15) is 9.28 Å². The average molecular weight is 241 g/mol. The summed E-state index contributed by atoms with van der Waals surface area (Å²) in [6, 6.07) is 0. The smallest absolute Gasteiger partial charge is 0.435 e. The van der Waals surface area contributed by atoms with Crippen LogP contribution in [0.25, 0.3) is 0 Å². The number of amides is 1. The van der Waals surface area contributed by atoms with Crippen molar-refractivity contribution in [2.24, 2.45) is 5.92 Å². The van der Waals surface area contributed by atoms with Gasteiger partial charge in [-0.15, -0.1) is 0 Å². The molecule has 0 aliphatic carbocycles. The van der Waals surface area contributed by atoms with E-state index in [0.29, 0.717) is 12.6 Å². The van der Waals surface area contributed by atoms with Crippen molar-refractivity contribution in [1.29, 1.82) is 0 Å². The van der Waals surface area contributed by atoms with Crippen molar-refractivity contribution in [2.75, 3.05) is 20.3 Å². The maximum absolute atomic E-state index is 11.1. The predicted molar refractivity (Wildman–Crippen MR) is 68.2 cm³/mol. The molecule has 0 radical (unpaired) electrons. The lowest BCUT2D eigenvalue weighted by Crippen LogP contribution is -2.45. The molecule has 98 valence electrons. The Bertz CT molecular complexity index is 291. The van der Waals surface area contributed by atoms with Gasteiger partial charge in [0.2, 0.25) is 0 Å². The summed E-state index contributed by atoms with van der Waals surface area (Å²) in [6.07, 6.45) is 7.81. The fourth-order valence-corrected chi connectivity index (χ4v) is 2.20. The fourth-order valence-electron chi connectivity index (χ4n) is 2.20. The molecule has 4 nitrogen and oxygen atoms in total. The minimum atomic E-state index is -0.787. The van der Waals surface area contributed by atoms with Crippen LogP contribution in [-0.4, -0.2) is 40.8 Å². The summed E-state index contributed by atoms with van der Waals surface area (Å²) < 4.78 is -0.0236. The van der Waals surface area contributed by atoms with Gasteiger partial charge < -0.3 is 10.0 Å². The summed E-state index contributed by atoms with van der Waals surface area (Å²) in [6.45, 7) is 5.96. The number of carboxylic acid groups (broad SMARTS) is 1. The first kappa shape index (κ1) is 14.0. The topological polar surface area (TPSA) is 40.5 Å². The van der Waals surface area contributed by atoms with Gasteiger partial charge in [-0.3, -0.25) is 0 Å². The van der Waals surface area contributed by atoms with Crippen molar-refractivity contribution in [3.63, 3.8) is 0 Å². The minimum absolute atomic E-state index is 0.0236. The molecule has 0 saturated heterocycles. The van der Waals surface area contributed by atoms with Gasteiger partial charge in [0.15, 0.2) is 6.67 Å². The first-order chi connectivity index (χ1) is 8.01. The second kappa shape index (κ2) is 6.05. The van der Waals surface area contributed by atoms with Crippen LogP contribution < -0.4 is 0 Å². The molecule has 1 heterocycles. The zero-order valence-corrected chi connectivity index (χ0v) is 11.2. The van der Waals surface area contributed by atoms with Gasteiger partial charge in [-0.05, 0) is 12.3 Å². The molecular formula is C13H25N2O2+. The van der Waals surface area contributed by atoms with Crippen molar-refractivity contribution in [2.45, 2.75) is 39.5 Å². The Hall–Kier alpha value is -1.03. The van der Waals surface area contributed by atoms with Crippen LogP contribution in [0.15, 0.2) is 12.4 Å². The van der Waals surface area contributed by atoms with E-state index in [1.54, 1.807) is 13.2 Å². The third-order valence-electron chi connectivity index (χ3n) is 3.55. The quantitative estimate of drug-likeness (QED) is 0.726. The van der Waals surface area contributed by atoms with E-state index in [1.165, 1.54) is 25.7 Å². The van der Waals surface area contributed by atoms with Gasteiger partial charge in [0.25, 0.3) is 0 Å². The zero-order chi connectivity index (χ0) is 12.9. The Morgan fingerprint density at radius 2 is 2.24 bits per heavy atom. The summed E-state index contributed by atoms with van der Waals surface area (Å²) in [5.41, 5.74) is 0. The maximum atomic E-state index is 11.1. The average Bonchev–Trinajstić information content (AvgIpc) is 2.67. The van der Waals surface area contributed by atoms with E-state index in [0.717, 1.165) is 6.54 Å². The molecule has 17 heavy (non-hydrogen) atoms. The van der Waals surface area contributed by atoms with Gasteiger partial charge in [0, 0.05) is 6.54 Å². The third kappa shape index (κ3) is 3.73. The van der Waals surface area contributed by atoms with Gasteiger partial charge in [0.1, 0.15) is 6.20 Å². The number of quaternary nitrogens is 1. The number of hydrogen-bond donors (Lipinski definition) is 1. The van der Waals surface area contributed by atoms with E-state index in [2.05, 4.69) is 18.7 Å². The molecule has 4 heteroatoms. The van der Waals surface area contributed by atoms with E-state index in [1.807, 2.05) is 6.20 Å². The van der Waals surface area contributed by atoms with Crippen LogP contribution in [0.1, 0.15) is 39.5 Å². The van der Waals surface area contributed by atoms with E-state index < -0.39 is 6.09 Å². The highest BCUT2D eigenvalue weighted by atomic mass is 16.4. The monoisotopic (exact) mass is 241 g/mol. The highest BCUT2D eigenvalue weighted by molar-refractivity contribution is 5.57. The van der Waals surface area contributed by atoms with Crippen molar-refractivity contribution in [3.05, 3.63) is 12.4 Å². The molecule has 0 saturated carbocycles. The second-order valence-corrected chi connectivity index (χ2v) is 5.18. The summed E-state index contributed by atoms with van der Waals surface area (Å²) in [5.74, 6) is 0.681. The normalized spacial score (nSPS) is 25.2. The summed E-state index contributed by atoms with van der Waals surface area (Å²) >= 11 is 0. The fraction of sp³-hybridized carbons (Fsp3) is 0.769. The molecular weight excluding hydrogens is 216 g/mol. The largest absolute Gasteiger partial charge is 0.519 e. The number of hydrogen-bond acceptors (Lipinski definition) is 2. The Balaban J connectivity index is 2.44. The van der Waals surface area contributed by atoms with Crippen molar-refractivity contribution < 1.29 is 14.4 Å². The summed E-state index contributed by atoms with van der Waals surface area (Å²) in [7, 11) is 1.73. The Morgan fingerprint density at radius 3 is 2.71 bits per heavy atom. The lowest BCUT2D eigenvalue weighted by Gasteiger charge is -2.25. The standard InChI is InChI=1S/C13H24N2O2/c1-4-6-7-12(5-2)10-14-8-9-15(3,11-14)13(16)17/h8-9,12H,4-7,10-11H2,1-3H3/p+1. The SMILES string of the molecule is CCCCC(CC)CN1C=C[N+](C)(C(=O)O)C1. The predicted octanol–water partition coefficient (Wildman–Crippen LogP) is 3.07. The molecule has 1 aliphatic heterocycles. The molecule has 1 aliphatic rings. The second-order valence-electron chi connectivity index (χ2n) is 5.18. The van der Waals surface area contributed by atoms with E-state index in [9.17, 15) is 4.79 Å². The number of rotatable bonds is 6. The molecule has 1 rings (SSSR count). The van der Waals surface area contributed by atoms with Gasteiger partial charge >= 0.3 is 6.09 Å². The molecule has 1 amide bonds. The number of unbranched alkanes of at least 4 members (excludes halogenated alkanes) is 1. The first-order valence-corrected chi connectivity index (χ1v) is 6.54. The molecule has 2 atom stereocenters. The van der Waals surface area contributed by atoms with Crippen LogP contribution >= 0.6 is 0 Å². The maximum Gasteiger partial charge on any atom is 0.519 e. The molecule has 1 N–H and O–H groups in total. The van der Waals surface area contributed by atoms with Crippen molar-refractivity contribution >= 4 is 6.09 Å². The summed E-state index contributed by atoms with van der Waals surface area (Å²) in [5, 5.41) is 9.12. The Kier molecular flexibility index (Phi) is 5.00. The van der Waals surface area contributed by atoms with Crippen LogP contribution in [0.5, 0.6) is 0 Å². The highest BCUT2D eigenvalue weighted by Crippen LogP contribution is 2.20. The Labute approximate surface area is 104 Å². The summed E-state index contributed by atoms with van der Waals surface area (Å²) in [4.78, 5) is 13.2. The van der Waals surface area contributed by atoms with Crippen LogP contribution in [0.4, 0.5) is 4.79 Å². The van der Waals surface area contributed by atoms with Gasteiger partial charge in [-0.1, -0.05) is 33.1 Å². The number of carbonyl (C=O) groups is 1. The van der Waals surface area contributed by atoms with Crippen LogP contribution in [0.2, 0.25) is 0 Å². The van der Waals surface area contributed by atoms with E-state index in [-0.39, 0.29) is 4.48 Å². The molecule has 0 fully saturated rings. The zero-order valence-electron chi connectivity index (χ0n) is 11.2. The van der Waals surface area contributed by atoms with Crippen molar-refractivity contribution in [1.82, 2.24) is 4.90 Å². The van der Waals surface area contributed by atoms with Gasteiger partial charge in [-0.25, -0.2) is 0 Å². The molecule has 0 aromatic carbocycles. The first-order valence-electron chi connectivity index (χ1n) is 6.54. The highest BCUT2D eigenvalue weighted by Gasteiger charge is 2.36.